The molecule has 4 rings (SSSR count). The number of nitrogens with one attached hydrogen (secondary N) is 1. The maximum Gasteiger partial charge on any atom is 0.162 e. The van der Waals surface area contributed by atoms with Crippen LogP contribution in [0.1, 0.15) is 5.56 Å². The van der Waals surface area contributed by atoms with Crippen molar-refractivity contribution in [1.29, 1.82) is 0 Å². The van der Waals surface area contributed by atoms with Crippen LogP contribution in [0.15, 0.2) is 77.3 Å². The highest BCUT2D eigenvalue weighted by Gasteiger charge is 2.09. The lowest BCUT2D eigenvalue weighted by Crippen LogP contribution is -1.99. The Morgan fingerprint density at radius 1 is 0.840 bits per heavy atom. The molecule has 0 radical (unpaired) electrons. The van der Waals surface area contributed by atoms with Crippen molar-refractivity contribution < 1.29 is 0 Å². The second kappa shape index (κ2) is 6.65. The first-order valence-corrected chi connectivity index (χ1v) is 8.85. The molecule has 0 amide bonds. The molecule has 0 aliphatic rings. The van der Waals surface area contributed by atoms with Gasteiger partial charge < -0.3 is 5.32 Å². The highest BCUT2D eigenvalue weighted by atomic mass is 79.9. The lowest BCUT2D eigenvalue weighted by atomic mass is 10.1. The first-order chi connectivity index (χ1) is 12.2. The van der Waals surface area contributed by atoms with E-state index in [1.165, 1.54) is 5.56 Å². The molecule has 1 N–H and O–H groups in total. The van der Waals surface area contributed by atoms with Crippen molar-refractivity contribution in [2.45, 2.75) is 6.92 Å². The number of anilines is 2. The first-order valence-electron chi connectivity index (χ1n) is 8.05. The molecule has 0 saturated carbocycles. The van der Waals surface area contributed by atoms with Gasteiger partial charge in [-0.25, -0.2) is 9.97 Å². The van der Waals surface area contributed by atoms with Gasteiger partial charge in [0, 0.05) is 21.1 Å². The lowest BCUT2D eigenvalue weighted by molar-refractivity contribution is 1.22. The number of aryl methyl sites for hydroxylation is 1. The highest BCUT2D eigenvalue weighted by Crippen LogP contribution is 2.28. The number of nitrogens with zero attached hydrogens (tertiary/aromatic N) is 2. The van der Waals surface area contributed by atoms with Gasteiger partial charge in [-0.1, -0.05) is 51.8 Å². The topological polar surface area (TPSA) is 37.8 Å². The van der Waals surface area contributed by atoms with Crippen molar-refractivity contribution in [3.63, 3.8) is 0 Å². The summed E-state index contributed by atoms with van der Waals surface area (Å²) >= 11 is 3.47. The molecule has 122 valence electrons. The van der Waals surface area contributed by atoms with E-state index >= 15 is 0 Å². The molecular formula is C21H16BrN3. The molecular weight excluding hydrogens is 374 g/mol. The van der Waals surface area contributed by atoms with Crippen molar-refractivity contribution in [3.8, 4) is 11.4 Å². The highest BCUT2D eigenvalue weighted by molar-refractivity contribution is 9.10. The molecule has 1 aromatic heterocycles. The van der Waals surface area contributed by atoms with Crippen LogP contribution in [0.2, 0.25) is 0 Å². The molecule has 0 unspecified atom stereocenters. The SMILES string of the molecule is Cc1cccc(-c2nc(Nc3ccc(Br)cc3)c3ccccc3n2)c1. The van der Waals surface area contributed by atoms with E-state index in [4.69, 9.17) is 9.97 Å². The third kappa shape index (κ3) is 3.39. The van der Waals surface area contributed by atoms with E-state index in [1.807, 2.05) is 60.7 Å². The number of benzene rings is 3. The Labute approximate surface area is 154 Å². The second-order valence-electron chi connectivity index (χ2n) is 5.91. The molecule has 0 aliphatic heterocycles. The fraction of sp³-hybridized carbons (Fsp3) is 0.0476. The van der Waals surface area contributed by atoms with Crippen LogP contribution in [-0.2, 0) is 0 Å². The van der Waals surface area contributed by atoms with Crippen LogP contribution < -0.4 is 5.32 Å². The summed E-state index contributed by atoms with van der Waals surface area (Å²) in [5.74, 6) is 1.53. The van der Waals surface area contributed by atoms with Crippen molar-refractivity contribution in [1.82, 2.24) is 9.97 Å². The van der Waals surface area contributed by atoms with E-state index < -0.39 is 0 Å². The Bertz CT molecular complexity index is 1040. The van der Waals surface area contributed by atoms with E-state index in [2.05, 4.69) is 40.3 Å². The van der Waals surface area contributed by atoms with Gasteiger partial charge in [-0.15, -0.1) is 0 Å². The molecule has 0 fully saturated rings. The number of hydrogen-bond acceptors (Lipinski definition) is 3. The van der Waals surface area contributed by atoms with Crippen LogP contribution in [0.25, 0.3) is 22.3 Å². The molecule has 0 bridgehead atoms. The molecule has 4 heteroatoms. The summed E-state index contributed by atoms with van der Waals surface area (Å²) < 4.78 is 1.05. The van der Waals surface area contributed by atoms with Gasteiger partial charge in [0.25, 0.3) is 0 Å². The van der Waals surface area contributed by atoms with Crippen molar-refractivity contribution in [2.75, 3.05) is 5.32 Å². The second-order valence-corrected chi connectivity index (χ2v) is 6.83. The zero-order chi connectivity index (χ0) is 17.2. The number of hydrogen-bond donors (Lipinski definition) is 1. The van der Waals surface area contributed by atoms with Crippen LogP contribution in [0.4, 0.5) is 11.5 Å². The van der Waals surface area contributed by atoms with Gasteiger partial charge in [-0.2, -0.15) is 0 Å². The summed E-state index contributed by atoms with van der Waals surface area (Å²) in [6, 6.07) is 24.4. The smallest absolute Gasteiger partial charge is 0.162 e. The fourth-order valence-electron chi connectivity index (χ4n) is 2.76. The van der Waals surface area contributed by atoms with Gasteiger partial charge in [-0.05, 0) is 49.4 Å². The van der Waals surface area contributed by atoms with Crippen LogP contribution in [0.3, 0.4) is 0 Å². The number of rotatable bonds is 3. The van der Waals surface area contributed by atoms with Crippen LogP contribution in [0, 0.1) is 6.92 Å². The fourth-order valence-corrected chi connectivity index (χ4v) is 3.02. The lowest BCUT2D eigenvalue weighted by Gasteiger charge is -2.11. The zero-order valence-electron chi connectivity index (χ0n) is 13.7. The Morgan fingerprint density at radius 3 is 2.44 bits per heavy atom. The largest absolute Gasteiger partial charge is 0.340 e. The van der Waals surface area contributed by atoms with Gasteiger partial charge in [0.15, 0.2) is 5.82 Å². The van der Waals surface area contributed by atoms with Gasteiger partial charge in [0.1, 0.15) is 5.82 Å². The first kappa shape index (κ1) is 15.8. The van der Waals surface area contributed by atoms with Gasteiger partial charge in [0.05, 0.1) is 5.52 Å². The van der Waals surface area contributed by atoms with Crippen molar-refractivity contribution >= 4 is 38.3 Å². The molecule has 25 heavy (non-hydrogen) atoms. The molecule has 1 heterocycles. The average Bonchev–Trinajstić information content (AvgIpc) is 2.63. The van der Waals surface area contributed by atoms with E-state index in [0.29, 0.717) is 0 Å². The summed E-state index contributed by atoms with van der Waals surface area (Å²) in [4.78, 5) is 9.54. The Morgan fingerprint density at radius 2 is 1.64 bits per heavy atom. The monoisotopic (exact) mass is 389 g/mol. The van der Waals surface area contributed by atoms with E-state index in [9.17, 15) is 0 Å². The Balaban J connectivity index is 1.85. The van der Waals surface area contributed by atoms with Gasteiger partial charge in [0.2, 0.25) is 0 Å². The van der Waals surface area contributed by atoms with E-state index in [-0.39, 0.29) is 0 Å². The number of para-hydroxylation sites is 1. The van der Waals surface area contributed by atoms with Crippen molar-refractivity contribution in [3.05, 3.63) is 82.8 Å². The van der Waals surface area contributed by atoms with E-state index in [1.54, 1.807) is 0 Å². The molecule has 3 nitrogen and oxygen atoms in total. The molecule has 0 saturated heterocycles. The van der Waals surface area contributed by atoms with Gasteiger partial charge >= 0.3 is 0 Å². The quantitative estimate of drug-likeness (QED) is 0.459. The Hall–Kier alpha value is -2.72. The number of halogens is 1. The molecule has 3 aromatic carbocycles. The minimum atomic E-state index is 0.724. The standard InChI is InChI=1S/C21H16BrN3/c1-14-5-4-6-15(13-14)20-24-19-8-3-2-7-18(19)21(25-20)23-17-11-9-16(22)10-12-17/h2-13H,1H3,(H,23,24,25). The predicted octanol–water partition coefficient (Wildman–Crippen LogP) is 6.11. The minimum Gasteiger partial charge on any atom is -0.340 e. The molecule has 0 spiro atoms. The van der Waals surface area contributed by atoms with Crippen LogP contribution in [-0.4, -0.2) is 9.97 Å². The maximum absolute atomic E-state index is 4.80. The van der Waals surface area contributed by atoms with Crippen molar-refractivity contribution in [2.24, 2.45) is 0 Å². The average molecular weight is 390 g/mol. The van der Waals surface area contributed by atoms with Crippen LogP contribution in [0.5, 0.6) is 0 Å². The predicted molar refractivity (Wildman–Crippen MR) is 107 cm³/mol. The summed E-state index contributed by atoms with van der Waals surface area (Å²) in [6.07, 6.45) is 0. The summed E-state index contributed by atoms with van der Waals surface area (Å²) in [6.45, 7) is 2.07. The molecule has 0 atom stereocenters. The minimum absolute atomic E-state index is 0.724. The summed E-state index contributed by atoms with van der Waals surface area (Å²) in [5.41, 5.74) is 4.12. The third-order valence-corrected chi connectivity index (χ3v) is 4.52. The van der Waals surface area contributed by atoms with Gasteiger partial charge in [-0.3, -0.25) is 0 Å². The normalized spacial score (nSPS) is 10.8. The number of aromatic nitrogens is 2. The summed E-state index contributed by atoms with van der Waals surface area (Å²) in [7, 11) is 0. The van der Waals surface area contributed by atoms with Crippen LogP contribution >= 0.6 is 15.9 Å². The summed E-state index contributed by atoms with van der Waals surface area (Å²) in [5, 5.41) is 4.43. The van der Waals surface area contributed by atoms with E-state index in [0.717, 1.165) is 38.3 Å². The number of fused-ring (bicyclic) bond motifs is 1. The third-order valence-electron chi connectivity index (χ3n) is 3.99. The zero-order valence-corrected chi connectivity index (χ0v) is 15.3. The Kier molecular flexibility index (Phi) is 4.20. The molecule has 4 aromatic rings. The molecule has 0 aliphatic carbocycles. The maximum atomic E-state index is 4.80.